The number of methoxy groups -OCH3 is 1. The molecule has 0 fully saturated rings. The van der Waals surface area contributed by atoms with E-state index < -0.39 is 11.9 Å². The zero-order valence-corrected chi connectivity index (χ0v) is 13.6. The number of pyridine rings is 2. The Morgan fingerprint density at radius 1 is 1.25 bits per heavy atom. The maximum Gasteiger partial charge on any atom is 0.358 e. The van der Waals surface area contributed by atoms with Crippen LogP contribution in [0.4, 0.5) is 5.69 Å². The fraction of sp³-hybridized carbons (Fsp3) is 0.0714. The average Bonchev–Trinajstić information content (AvgIpc) is 3.04. The highest BCUT2D eigenvalue weighted by molar-refractivity contribution is 6.41. The number of aromatic amines is 1. The standard InChI is InChI=1S/C14H9Cl2N5O3/c1-24-14(23)10-8(3-7(15)11(16)21-10)20-13(22)6-2-9-12(17-4-6)19-5-18-9/h2-5H,1H3,(H,20,22)(H,17,18,19). The van der Waals surface area contributed by atoms with Gasteiger partial charge in [0.1, 0.15) is 5.15 Å². The third-order valence-corrected chi connectivity index (χ3v) is 3.77. The number of anilines is 1. The Kier molecular flexibility index (Phi) is 4.32. The molecule has 0 aliphatic carbocycles. The summed E-state index contributed by atoms with van der Waals surface area (Å²) in [5.41, 5.74) is 1.26. The molecule has 0 saturated heterocycles. The van der Waals surface area contributed by atoms with Gasteiger partial charge in [0.05, 0.1) is 35.2 Å². The van der Waals surface area contributed by atoms with Gasteiger partial charge in [-0.3, -0.25) is 4.79 Å². The maximum absolute atomic E-state index is 12.4. The summed E-state index contributed by atoms with van der Waals surface area (Å²) < 4.78 is 4.63. The Morgan fingerprint density at radius 3 is 2.79 bits per heavy atom. The molecule has 24 heavy (non-hydrogen) atoms. The smallest absolute Gasteiger partial charge is 0.358 e. The van der Waals surface area contributed by atoms with Gasteiger partial charge in [-0.05, 0) is 12.1 Å². The highest BCUT2D eigenvalue weighted by Crippen LogP contribution is 2.27. The predicted octanol–water partition coefficient (Wildman–Crippen LogP) is 2.70. The van der Waals surface area contributed by atoms with E-state index in [0.717, 1.165) is 0 Å². The number of amides is 1. The van der Waals surface area contributed by atoms with E-state index in [4.69, 9.17) is 23.2 Å². The van der Waals surface area contributed by atoms with E-state index in [0.29, 0.717) is 11.2 Å². The van der Waals surface area contributed by atoms with Crippen LogP contribution < -0.4 is 5.32 Å². The lowest BCUT2D eigenvalue weighted by Gasteiger charge is -2.10. The molecule has 0 aliphatic rings. The molecule has 1 amide bonds. The molecule has 0 saturated carbocycles. The molecule has 10 heteroatoms. The highest BCUT2D eigenvalue weighted by Gasteiger charge is 2.19. The third-order valence-electron chi connectivity index (χ3n) is 3.10. The number of hydrogen-bond donors (Lipinski definition) is 2. The van der Waals surface area contributed by atoms with Gasteiger partial charge in [-0.1, -0.05) is 23.2 Å². The fourth-order valence-electron chi connectivity index (χ4n) is 1.96. The summed E-state index contributed by atoms with van der Waals surface area (Å²) in [6, 6.07) is 2.90. The Bertz CT molecular complexity index is 957. The number of ether oxygens (including phenoxy) is 1. The van der Waals surface area contributed by atoms with Crippen LogP contribution in [0.3, 0.4) is 0 Å². The molecule has 0 unspecified atom stereocenters. The van der Waals surface area contributed by atoms with Crippen molar-refractivity contribution >= 4 is 51.9 Å². The summed E-state index contributed by atoms with van der Waals surface area (Å²) in [6.45, 7) is 0. The first-order chi connectivity index (χ1) is 11.5. The van der Waals surface area contributed by atoms with Crippen molar-refractivity contribution < 1.29 is 14.3 Å². The zero-order valence-electron chi connectivity index (χ0n) is 12.1. The number of nitrogens with zero attached hydrogens (tertiary/aromatic N) is 3. The number of halogens is 2. The van der Waals surface area contributed by atoms with Gasteiger partial charge in [0.25, 0.3) is 5.91 Å². The number of nitrogens with one attached hydrogen (secondary N) is 2. The van der Waals surface area contributed by atoms with Crippen molar-refractivity contribution in [2.24, 2.45) is 0 Å². The highest BCUT2D eigenvalue weighted by atomic mass is 35.5. The molecule has 3 aromatic rings. The Hall–Kier alpha value is -2.71. The summed E-state index contributed by atoms with van der Waals surface area (Å²) >= 11 is 11.7. The van der Waals surface area contributed by atoms with Gasteiger partial charge in [0, 0.05) is 6.20 Å². The zero-order chi connectivity index (χ0) is 17.3. The van der Waals surface area contributed by atoms with Gasteiger partial charge in [-0.15, -0.1) is 0 Å². The molecule has 0 bridgehead atoms. The molecule has 0 aliphatic heterocycles. The quantitative estimate of drug-likeness (QED) is 0.545. The monoisotopic (exact) mass is 365 g/mol. The first-order valence-electron chi connectivity index (χ1n) is 6.54. The van der Waals surface area contributed by atoms with E-state index in [-0.39, 0.29) is 27.1 Å². The van der Waals surface area contributed by atoms with E-state index in [1.807, 2.05) is 0 Å². The average molecular weight is 366 g/mol. The Labute approximate surface area is 145 Å². The van der Waals surface area contributed by atoms with Crippen LogP contribution in [0.1, 0.15) is 20.8 Å². The van der Waals surface area contributed by atoms with Crippen LogP contribution in [0.2, 0.25) is 10.2 Å². The maximum atomic E-state index is 12.4. The minimum atomic E-state index is -0.758. The minimum absolute atomic E-state index is 0.0735. The Balaban J connectivity index is 1.96. The second-order valence-electron chi connectivity index (χ2n) is 4.60. The van der Waals surface area contributed by atoms with Gasteiger partial charge in [0.2, 0.25) is 0 Å². The lowest BCUT2D eigenvalue weighted by Crippen LogP contribution is -2.17. The van der Waals surface area contributed by atoms with Gasteiger partial charge < -0.3 is 15.0 Å². The van der Waals surface area contributed by atoms with E-state index in [1.165, 1.54) is 25.7 Å². The fourth-order valence-corrected chi connectivity index (χ4v) is 2.25. The lowest BCUT2D eigenvalue weighted by molar-refractivity contribution is 0.0595. The summed E-state index contributed by atoms with van der Waals surface area (Å²) in [6.07, 6.45) is 2.83. The number of hydrogen-bond acceptors (Lipinski definition) is 6. The van der Waals surface area contributed by atoms with E-state index >= 15 is 0 Å². The topological polar surface area (TPSA) is 110 Å². The number of carbonyl (C=O) groups is 2. The number of fused-ring (bicyclic) bond motifs is 1. The van der Waals surface area contributed by atoms with Crippen molar-refractivity contribution in [3.63, 3.8) is 0 Å². The summed E-state index contributed by atoms with van der Waals surface area (Å²) in [5.74, 6) is -1.27. The number of imidazole rings is 1. The molecule has 0 spiro atoms. The molecular formula is C14H9Cl2N5O3. The van der Waals surface area contributed by atoms with Gasteiger partial charge in [-0.2, -0.15) is 0 Å². The molecular weight excluding hydrogens is 357 g/mol. The van der Waals surface area contributed by atoms with Crippen molar-refractivity contribution in [2.75, 3.05) is 12.4 Å². The summed E-state index contributed by atoms with van der Waals surface area (Å²) in [5, 5.41) is 2.56. The van der Waals surface area contributed by atoms with Crippen molar-refractivity contribution in [2.45, 2.75) is 0 Å². The lowest BCUT2D eigenvalue weighted by atomic mass is 10.2. The minimum Gasteiger partial charge on any atom is -0.464 e. The first-order valence-corrected chi connectivity index (χ1v) is 7.30. The van der Waals surface area contributed by atoms with Crippen molar-refractivity contribution in [1.29, 1.82) is 0 Å². The van der Waals surface area contributed by atoms with Crippen molar-refractivity contribution in [3.8, 4) is 0 Å². The summed E-state index contributed by atoms with van der Waals surface area (Å²) in [4.78, 5) is 38.9. The van der Waals surface area contributed by atoms with Crippen LogP contribution in [0, 0.1) is 0 Å². The van der Waals surface area contributed by atoms with Crippen LogP contribution in [0.5, 0.6) is 0 Å². The van der Waals surface area contributed by atoms with Crippen molar-refractivity contribution in [3.05, 3.63) is 46.1 Å². The molecule has 3 aromatic heterocycles. The van der Waals surface area contributed by atoms with Gasteiger partial charge in [0.15, 0.2) is 11.3 Å². The second-order valence-corrected chi connectivity index (χ2v) is 5.37. The number of H-pyrrole nitrogens is 1. The van der Waals surface area contributed by atoms with Crippen LogP contribution in [-0.4, -0.2) is 38.9 Å². The second kappa shape index (κ2) is 6.42. The van der Waals surface area contributed by atoms with E-state index in [2.05, 4.69) is 30.0 Å². The molecule has 3 rings (SSSR count). The molecule has 0 aromatic carbocycles. The molecule has 2 N–H and O–H groups in total. The largest absolute Gasteiger partial charge is 0.464 e. The first kappa shape index (κ1) is 16.2. The number of carbonyl (C=O) groups excluding carboxylic acids is 2. The number of aromatic nitrogens is 4. The number of rotatable bonds is 3. The SMILES string of the molecule is COC(=O)c1nc(Cl)c(Cl)cc1NC(=O)c1cnc2nc[nH]c2c1. The van der Waals surface area contributed by atoms with Crippen LogP contribution in [0.25, 0.3) is 11.2 Å². The molecule has 0 atom stereocenters. The van der Waals surface area contributed by atoms with E-state index in [9.17, 15) is 9.59 Å². The molecule has 8 nitrogen and oxygen atoms in total. The molecule has 122 valence electrons. The normalized spacial score (nSPS) is 10.6. The summed E-state index contributed by atoms with van der Waals surface area (Å²) in [7, 11) is 1.19. The van der Waals surface area contributed by atoms with Crippen LogP contribution >= 0.6 is 23.2 Å². The van der Waals surface area contributed by atoms with Crippen LogP contribution in [-0.2, 0) is 4.74 Å². The molecule has 3 heterocycles. The Morgan fingerprint density at radius 2 is 2.04 bits per heavy atom. The third kappa shape index (κ3) is 3.01. The van der Waals surface area contributed by atoms with E-state index in [1.54, 1.807) is 6.07 Å². The van der Waals surface area contributed by atoms with Crippen LogP contribution in [0.15, 0.2) is 24.7 Å². The van der Waals surface area contributed by atoms with Gasteiger partial charge >= 0.3 is 5.97 Å². The van der Waals surface area contributed by atoms with Gasteiger partial charge in [-0.25, -0.2) is 19.7 Å². The predicted molar refractivity (Wildman–Crippen MR) is 87.4 cm³/mol. The molecule has 0 radical (unpaired) electrons. The number of esters is 1. The van der Waals surface area contributed by atoms with Crippen molar-refractivity contribution in [1.82, 2.24) is 19.9 Å².